The van der Waals surface area contributed by atoms with Gasteiger partial charge in [-0.25, -0.2) is 0 Å². The first-order valence-electron chi connectivity index (χ1n) is 38.0. The molecular weight excluding hydrogens is 1210 g/mol. The highest BCUT2D eigenvalue weighted by atomic mass is 16.8. The van der Waals surface area contributed by atoms with Crippen LogP contribution in [-0.4, -0.2) is 193 Å². The predicted molar refractivity (Wildman–Crippen MR) is 374 cm³/mol. The molecule has 17 atom stereocenters. The number of aliphatic hydroxyl groups is 11. The third-order valence-electron chi connectivity index (χ3n) is 18.9. The quantitative estimate of drug-likeness (QED) is 0.0199. The van der Waals surface area contributed by atoms with E-state index in [9.17, 15) is 61.0 Å². The van der Waals surface area contributed by atoms with E-state index < -0.39 is 124 Å². The topological polar surface area (TPSA) is 307 Å². The van der Waals surface area contributed by atoms with Crippen LogP contribution in [-0.2, 0) is 33.2 Å². The second-order valence-electron chi connectivity index (χ2n) is 27.1. The Morgan fingerprint density at radius 3 is 1.14 bits per heavy atom. The molecule has 17 unspecified atom stereocenters. The van der Waals surface area contributed by atoms with Crippen LogP contribution in [0.3, 0.4) is 0 Å². The van der Waals surface area contributed by atoms with Gasteiger partial charge in [0, 0.05) is 6.42 Å². The van der Waals surface area contributed by atoms with Crippen LogP contribution in [0, 0.1) is 0 Å². The summed E-state index contributed by atoms with van der Waals surface area (Å²) in [4.78, 5) is 13.5. The van der Waals surface area contributed by atoms with E-state index in [0.29, 0.717) is 12.8 Å². The number of allylic oxidation sites excluding steroid dienone is 10. The summed E-state index contributed by atoms with van der Waals surface area (Å²) in [6, 6.07) is -0.890. The molecule has 0 aromatic heterocycles. The Morgan fingerprint density at radius 2 is 0.726 bits per heavy atom. The first kappa shape index (κ1) is 86.7. The zero-order chi connectivity index (χ0) is 68.9. The fourth-order valence-electron chi connectivity index (χ4n) is 12.8. The summed E-state index contributed by atoms with van der Waals surface area (Å²) in [7, 11) is 0. The largest absolute Gasteiger partial charge is 0.394 e. The van der Waals surface area contributed by atoms with Crippen molar-refractivity contribution in [1.29, 1.82) is 0 Å². The van der Waals surface area contributed by atoms with E-state index in [2.05, 4.69) is 79.9 Å². The zero-order valence-corrected chi connectivity index (χ0v) is 58.9. The summed E-state index contributed by atoms with van der Waals surface area (Å²) >= 11 is 0. The smallest absolute Gasteiger partial charge is 0.220 e. The van der Waals surface area contributed by atoms with Gasteiger partial charge in [-0.3, -0.25) is 4.79 Å². The zero-order valence-electron chi connectivity index (χ0n) is 58.9. The highest BCUT2D eigenvalue weighted by Crippen LogP contribution is 2.33. The fourth-order valence-corrected chi connectivity index (χ4v) is 12.8. The van der Waals surface area contributed by atoms with Crippen LogP contribution in [0.5, 0.6) is 0 Å². The molecule has 0 aromatic carbocycles. The number of nitrogens with one attached hydrogen (secondary N) is 1. The van der Waals surface area contributed by atoms with E-state index in [4.69, 9.17) is 28.4 Å². The van der Waals surface area contributed by atoms with Gasteiger partial charge in [0.05, 0.1) is 38.6 Å². The molecule has 0 spiro atoms. The molecule has 95 heavy (non-hydrogen) atoms. The molecule has 554 valence electrons. The minimum absolute atomic E-state index is 0.241. The van der Waals surface area contributed by atoms with Gasteiger partial charge in [-0.15, -0.1) is 0 Å². The van der Waals surface area contributed by atoms with Crippen LogP contribution in [0.25, 0.3) is 0 Å². The Bertz CT molecular complexity index is 1950. The lowest BCUT2D eigenvalue weighted by molar-refractivity contribution is -0.379. The standard InChI is InChI=1S/C76H137NO18/c1-3-5-7-9-11-13-15-17-19-21-23-24-25-26-27-28-29-30-31-32-33-34-36-38-40-42-44-46-48-50-52-54-64(82)77-59(60(81)53-51-49-47-45-43-41-39-37-35-22-20-18-16-14-12-10-8-6-4-2)58-90-74-70(88)67(85)72(62(56-79)92-74)95-76-71(89)68(86)73(63(57-80)93-76)94-75-69(87)66(84)65(83)61(55-78)91-75/h5,7,11,13,17,19,23-24,26-27,59-63,65-76,78-81,83-89H,3-4,6,8-10,12,14-16,18,20-22,25,28-58H2,1-2H3,(H,77,82)/b7-5-,13-11-,19-17-,24-23-,27-26-. The molecule has 19 heteroatoms. The SMILES string of the molecule is CC/C=C\C/C=C\C/C=C\C/C=C\C/C=C\CCCCCCCCCCCCCCCCCC(=O)NC(COC1OC(CO)C(OC2OC(CO)C(OC3OC(CO)C(O)C(O)C3O)C(O)C2O)C(O)C1O)C(O)CCCCCCCCCCCCCCCCCCCCC. The third-order valence-corrected chi connectivity index (χ3v) is 18.9. The van der Waals surface area contributed by atoms with Gasteiger partial charge in [-0.2, -0.15) is 0 Å². The molecule has 12 N–H and O–H groups in total. The van der Waals surface area contributed by atoms with E-state index in [0.717, 1.165) is 77.0 Å². The molecule has 0 radical (unpaired) electrons. The van der Waals surface area contributed by atoms with E-state index in [-0.39, 0.29) is 18.9 Å². The van der Waals surface area contributed by atoms with Gasteiger partial charge in [0.25, 0.3) is 0 Å². The number of hydrogen-bond acceptors (Lipinski definition) is 18. The minimum atomic E-state index is -1.97. The average Bonchev–Trinajstić information content (AvgIpc) is 0.787. The predicted octanol–water partition coefficient (Wildman–Crippen LogP) is 11.5. The van der Waals surface area contributed by atoms with E-state index in [1.54, 1.807) is 0 Å². The van der Waals surface area contributed by atoms with Gasteiger partial charge in [0.1, 0.15) is 73.2 Å². The molecule has 0 aliphatic carbocycles. The van der Waals surface area contributed by atoms with Crippen molar-refractivity contribution in [3.8, 4) is 0 Å². The van der Waals surface area contributed by atoms with Gasteiger partial charge in [-0.05, 0) is 57.8 Å². The molecule has 3 heterocycles. The van der Waals surface area contributed by atoms with Crippen molar-refractivity contribution in [1.82, 2.24) is 5.32 Å². The number of amides is 1. The number of carbonyl (C=O) groups excluding carboxylic acids is 1. The number of unbranched alkanes of at least 4 members (excludes halogenated alkanes) is 33. The van der Waals surface area contributed by atoms with Crippen molar-refractivity contribution in [3.05, 3.63) is 60.8 Å². The van der Waals surface area contributed by atoms with Crippen LogP contribution >= 0.6 is 0 Å². The normalized spacial score (nSPS) is 27.5. The first-order valence-corrected chi connectivity index (χ1v) is 38.0. The maximum absolute atomic E-state index is 13.5. The molecule has 19 nitrogen and oxygen atoms in total. The monoisotopic (exact) mass is 1350 g/mol. The van der Waals surface area contributed by atoms with Crippen molar-refractivity contribution >= 4 is 5.91 Å². The molecule has 0 bridgehead atoms. The van der Waals surface area contributed by atoms with E-state index >= 15 is 0 Å². The molecule has 0 saturated carbocycles. The van der Waals surface area contributed by atoms with Crippen molar-refractivity contribution in [2.75, 3.05) is 26.4 Å². The maximum atomic E-state index is 13.5. The number of rotatable bonds is 59. The van der Waals surface area contributed by atoms with E-state index in [1.165, 1.54) is 173 Å². The number of carbonyl (C=O) groups is 1. The summed E-state index contributed by atoms with van der Waals surface area (Å²) in [6.07, 6.45) is 44.4. The fraction of sp³-hybridized carbons (Fsp3) is 0.855. The van der Waals surface area contributed by atoms with Gasteiger partial charge in [0.2, 0.25) is 5.91 Å². The van der Waals surface area contributed by atoms with Crippen LogP contribution in [0.2, 0.25) is 0 Å². The Kier molecular flexibility index (Phi) is 52.2. The summed E-state index contributed by atoms with van der Waals surface area (Å²) in [5, 5.41) is 121. The lowest BCUT2D eigenvalue weighted by Gasteiger charge is -2.48. The third kappa shape index (κ3) is 38.2. The lowest BCUT2D eigenvalue weighted by Crippen LogP contribution is -2.66. The maximum Gasteiger partial charge on any atom is 0.220 e. The Morgan fingerprint density at radius 1 is 0.389 bits per heavy atom. The Labute approximate surface area is 573 Å². The highest BCUT2D eigenvalue weighted by molar-refractivity contribution is 5.76. The molecule has 3 aliphatic rings. The minimum Gasteiger partial charge on any atom is -0.394 e. The Hall–Kier alpha value is -2.51. The first-order chi connectivity index (χ1) is 46.3. The van der Waals surface area contributed by atoms with Crippen molar-refractivity contribution < 1.29 is 89.4 Å². The average molecular weight is 1350 g/mol. The lowest BCUT2D eigenvalue weighted by atomic mass is 9.96. The Balaban J connectivity index is 1.37. The van der Waals surface area contributed by atoms with Crippen LogP contribution in [0.4, 0.5) is 0 Å². The van der Waals surface area contributed by atoms with Crippen molar-refractivity contribution in [3.63, 3.8) is 0 Å². The van der Waals surface area contributed by atoms with Crippen LogP contribution < -0.4 is 5.32 Å². The number of hydrogen-bond donors (Lipinski definition) is 12. The number of ether oxygens (including phenoxy) is 6. The van der Waals surface area contributed by atoms with Crippen LogP contribution in [0.15, 0.2) is 60.8 Å². The van der Waals surface area contributed by atoms with Gasteiger partial charge in [0.15, 0.2) is 18.9 Å². The highest BCUT2D eigenvalue weighted by Gasteiger charge is 2.53. The molecule has 3 aliphatic heterocycles. The summed E-state index contributed by atoms with van der Waals surface area (Å²) in [6.45, 7) is 1.71. The molecule has 3 fully saturated rings. The molecular formula is C76H137NO18. The summed E-state index contributed by atoms with van der Waals surface area (Å²) in [5.41, 5.74) is 0. The molecule has 3 rings (SSSR count). The second kappa shape index (κ2) is 57.2. The van der Waals surface area contributed by atoms with Crippen molar-refractivity contribution in [2.24, 2.45) is 0 Å². The number of aliphatic hydroxyl groups excluding tert-OH is 11. The second-order valence-corrected chi connectivity index (χ2v) is 27.1. The van der Waals surface area contributed by atoms with Gasteiger partial charge >= 0.3 is 0 Å². The van der Waals surface area contributed by atoms with Gasteiger partial charge in [-0.1, -0.05) is 280 Å². The van der Waals surface area contributed by atoms with Crippen molar-refractivity contribution in [2.45, 2.75) is 388 Å². The molecule has 0 aromatic rings. The molecule has 3 saturated heterocycles. The van der Waals surface area contributed by atoms with Crippen LogP contribution in [0.1, 0.15) is 284 Å². The van der Waals surface area contributed by atoms with Gasteiger partial charge < -0.3 is 89.9 Å². The molecule has 1 amide bonds. The summed E-state index contributed by atoms with van der Waals surface area (Å²) in [5.74, 6) is -0.241. The van der Waals surface area contributed by atoms with E-state index in [1.807, 2.05) is 0 Å². The summed E-state index contributed by atoms with van der Waals surface area (Å²) < 4.78 is 34.5.